The summed E-state index contributed by atoms with van der Waals surface area (Å²) in [4.78, 5) is 27.9. The maximum absolute atomic E-state index is 12.9. The fraction of sp³-hybridized carbons (Fsp3) is 0.0526. The molecule has 0 aliphatic rings. The van der Waals surface area contributed by atoms with E-state index in [0.29, 0.717) is 21.5 Å². The smallest absolute Gasteiger partial charge is 0.266 e. The van der Waals surface area contributed by atoms with Crippen LogP contribution in [0, 0.1) is 17.0 Å². The monoisotopic (exact) mass is 424 g/mol. The fourth-order valence-electron chi connectivity index (χ4n) is 2.98. The Kier molecular flexibility index (Phi) is 4.12. The molecule has 2 heterocycles. The minimum absolute atomic E-state index is 0.0148. The van der Waals surface area contributed by atoms with Crippen molar-refractivity contribution in [3.63, 3.8) is 0 Å². The van der Waals surface area contributed by atoms with Gasteiger partial charge in [0.15, 0.2) is 5.65 Å². The standard InChI is InChI=1S/C19H13BrN4O3/c1-12-18(20)19(25)23-17(21-12)11-16(13-5-3-2-4-6-13)22(23)14-7-9-15(10-8-14)24(26)27/h2-11H,1H3. The summed E-state index contributed by atoms with van der Waals surface area (Å²) in [5.41, 5.74) is 3.10. The molecule has 4 rings (SSSR count). The van der Waals surface area contributed by atoms with E-state index in [1.165, 1.54) is 16.6 Å². The van der Waals surface area contributed by atoms with E-state index in [1.807, 2.05) is 36.4 Å². The van der Waals surface area contributed by atoms with Crippen molar-refractivity contribution < 1.29 is 4.92 Å². The van der Waals surface area contributed by atoms with Gasteiger partial charge in [-0.05, 0) is 35.0 Å². The van der Waals surface area contributed by atoms with Gasteiger partial charge in [0, 0.05) is 23.8 Å². The van der Waals surface area contributed by atoms with Crippen molar-refractivity contribution in [2.24, 2.45) is 0 Å². The number of fused-ring (bicyclic) bond motifs is 1. The van der Waals surface area contributed by atoms with E-state index in [9.17, 15) is 14.9 Å². The zero-order chi connectivity index (χ0) is 19.1. The lowest BCUT2D eigenvalue weighted by Crippen LogP contribution is -2.22. The number of hydrogen-bond acceptors (Lipinski definition) is 4. The lowest BCUT2D eigenvalue weighted by molar-refractivity contribution is -0.384. The third-order valence-corrected chi connectivity index (χ3v) is 5.18. The summed E-state index contributed by atoms with van der Waals surface area (Å²) < 4.78 is 3.55. The van der Waals surface area contributed by atoms with Gasteiger partial charge in [-0.25, -0.2) is 9.67 Å². The van der Waals surface area contributed by atoms with Crippen LogP contribution in [0.4, 0.5) is 5.69 Å². The number of halogens is 1. The average Bonchev–Trinajstić information content (AvgIpc) is 3.06. The van der Waals surface area contributed by atoms with Gasteiger partial charge < -0.3 is 0 Å². The number of benzene rings is 2. The number of nitro groups is 1. The van der Waals surface area contributed by atoms with E-state index in [-0.39, 0.29) is 11.2 Å². The number of nitro benzene ring substituents is 1. The number of nitrogens with zero attached hydrogens (tertiary/aromatic N) is 4. The van der Waals surface area contributed by atoms with Crippen molar-refractivity contribution in [3.8, 4) is 16.9 Å². The van der Waals surface area contributed by atoms with Crippen LogP contribution in [0.25, 0.3) is 22.6 Å². The zero-order valence-corrected chi connectivity index (χ0v) is 15.8. The highest BCUT2D eigenvalue weighted by Crippen LogP contribution is 2.27. The van der Waals surface area contributed by atoms with Crippen LogP contribution in [0.1, 0.15) is 5.69 Å². The second kappa shape index (κ2) is 6.48. The molecule has 2 aromatic heterocycles. The lowest BCUT2D eigenvalue weighted by atomic mass is 10.1. The first-order valence-electron chi connectivity index (χ1n) is 8.08. The van der Waals surface area contributed by atoms with E-state index in [1.54, 1.807) is 23.7 Å². The molecule has 0 N–H and O–H groups in total. The third kappa shape index (κ3) is 2.83. The van der Waals surface area contributed by atoms with Gasteiger partial charge in [0.2, 0.25) is 0 Å². The van der Waals surface area contributed by atoms with Crippen molar-refractivity contribution in [1.82, 2.24) is 14.2 Å². The average molecular weight is 425 g/mol. The molecule has 4 aromatic rings. The number of rotatable bonds is 3. The van der Waals surface area contributed by atoms with Crippen molar-refractivity contribution >= 4 is 27.3 Å². The molecule has 0 amide bonds. The number of aromatic nitrogens is 3. The molecular formula is C19H13BrN4O3. The summed E-state index contributed by atoms with van der Waals surface area (Å²) in [5.74, 6) is 0. The van der Waals surface area contributed by atoms with Gasteiger partial charge in [-0.2, -0.15) is 4.52 Å². The van der Waals surface area contributed by atoms with E-state index in [2.05, 4.69) is 20.9 Å². The van der Waals surface area contributed by atoms with Crippen molar-refractivity contribution in [3.05, 3.63) is 91.3 Å². The molecule has 0 radical (unpaired) electrons. The van der Waals surface area contributed by atoms with E-state index < -0.39 is 4.92 Å². The highest BCUT2D eigenvalue weighted by Gasteiger charge is 2.18. The van der Waals surface area contributed by atoms with Crippen molar-refractivity contribution in [2.75, 3.05) is 0 Å². The molecule has 7 nitrogen and oxygen atoms in total. The van der Waals surface area contributed by atoms with Crippen molar-refractivity contribution in [1.29, 1.82) is 0 Å². The van der Waals surface area contributed by atoms with Gasteiger partial charge >= 0.3 is 0 Å². The minimum Gasteiger partial charge on any atom is -0.266 e. The summed E-state index contributed by atoms with van der Waals surface area (Å²) >= 11 is 3.30. The van der Waals surface area contributed by atoms with E-state index in [0.717, 1.165) is 11.3 Å². The quantitative estimate of drug-likeness (QED) is 0.365. The highest BCUT2D eigenvalue weighted by atomic mass is 79.9. The van der Waals surface area contributed by atoms with Gasteiger partial charge in [0.05, 0.1) is 22.0 Å². The van der Waals surface area contributed by atoms with Crippen LogP contribution in [0.2, 0.25) is 0 Å². The first-order chi connectivity index (χ1) is 13.0. The molecule has 2 aromatic carbocycles. The van der Waals surface area contributed by atoms with Crippen LogP contribution in [-0.2, 0) is 0 Å². The van der Waals surface area contributed by atoms with Gasteiger partial charge in [-0.1, -0.05) is 30.3 Å². The second-order valence-corrected chi connectivity index (χ2v) is 6.76. The molecule has 0 saturated carbocycles. The maximum atomic E-state index is 12.9. The van der Waals surface area contributed by atoms with Gasteiger partial charge in [0.25, 0.3) is 11.2 Å². The summed E-state index contributed by atoms with van der Waals surface area (Å²) in [5, 5.41) is 11.0. The molecule has 0 atom stereocenters. The number of aryl methyl sites for hydroxylation is 1. The Bertz CT molecular complexity index is 1230. The molecule has 8 heteroatoms. The van der Waals surface area contributed by atoms with Crippen LogP contribution in [0.15, 0.2) is 69.9 Å². The van der Waals surface area contributed by atoms with Gasteiger partial charge in [0.1, 0.15) is 4.47 Å². The fourth-order valence-corrected chi connectivity index (χ4v) is 3.24. The topological polar surface area (TPSA) is 82.4 Å². The maximum Gasteiger partial charge on any atom is 0.287 e. The predicted octanol–water partition coefficient (Wildman–Crippen LogP) is 4.13. The molecule has 0 aliphatic carbocycles. The lowest BCUT2D eigenvalue weighted by Gasteiger charge is -2.11. The Morgan fingerprint density at radius 3 is 2.37 bits per heavy atom. The van der Waals surface area contributed by atoms with Crippen LogP contribution >= 0.6 is 15.9 Å². The molecule has 0 unspecified atom stereocenters. The van der Waals surface area contributed by atoms with Crippen molar-refractivity contribution in [2.45, 2.75) is 6.92 Å². The molecule has 0 aliphatic heterocycles. The van der Waals surface area contributed by atoms with Crippen LogP contribution < -0.4 is 5.56 Å². The SMILES string of the molecule is Cc1nc2cc(-c3ccccc3)n(-c3ccc([N+](=O)[O-])cc3)n2c(=O)c1Br. The molecule has 0 bridgehead atoms. The zero-order valence-electron chi connectivity index (χ0n) is 14.2. The summed E-state index contributed by atoms with van der Waals surface area (Å²) in [6.45, 7) is 1.76. The second-order valence-electron chi connectivity index (χ2n) is 5.97. The Labute approximate surface area is 161 Å². The largest absolute Gasteiger partial charge is 0.287 e. The Balaban J connectivity index is 2.08. The first-order valence-corrected chi connectivity index (χ1v) is 8.88. The number of hydrogen-bond donors (Lipinski definition) is 0. The molecular weight excluding hydrogens is 412 g/mol. The predicted molar refractivity (Wildman–Crippen MR) is 105 cm³/mol. The normalized spacial score (nSPS) is 11.0. The third-order valence-electron chi connectivity index (χ3n) is 4.27. The first kappa shape index (κ1) is 17.2. The molecule has 27 heavy (non-hydrogen) atoms. The highest BCUT2D eigenvalue weighted by molar-refractivity contribution is 9.10. The Hall–Kier alpha value is -3.26. The Morgan fingerprint density at radius 1 is 1.07 bits per heavy atom. The summed E-state index contributed by atoms with van der Waals surface area (Å²) in [7, 11) is 0. The summed E-state index contributed by atoms with van der Waals surface area (Å²) in [6.07, 6.45) is 0. The van der Waals surface area contributed by atoms with Crippen LogP contribution in [0.5, 0.6) is 0 Å². The van der Waals surface area contributed by atoms with E-state index in [4.69, 9.17) is 0 Å². The van der Waals surface area contributed by atoms with Gasteiger partial charge in [-0.3, -0.25) is 14.9 Å². The molecule has 0 fully saturated rings. The Morgan fingerprint density at radius 2 is 1.74 bits per heavy atom. The molecule has 0 saturated heterocycles. The minimum atomic E-state index is -0.455. The van der Waals surface area contributed by atoms with Crippen LogP contribution in [-0.4, -0.2) is 19.1 Å². The van der Waals surface area contributed by atoms with E-state index >= 15 is 0 Å². The molecule has 134 valence electrons. The summed E-state index contributed by atoms with van der Waals surface area (Å²) in [6, 6.07) is 17.5. The number of non-ortho nitro benzene ring substituents is 1. The van der Waals surface area contributed by atoms with Crippen LogP contribution in [0.3, 0.4) is 0 Å². The van der Waals surface area contributed by atoms with Gasteiger partial charge in [-0.15, -0.1) is 0 Å². The molecule has 0 spiro atoms.